The van der Waals surface area contributed by atoms with Crippen LogP contribution in [0.5, 0.6) is 11.5 Å². The number of benzene rings is 2. The van der Waals surface area contributed by atoms with Crippen molar-refractivity contribution in [3.8, 4) is 11.5 Å². The number of hydrogen-bond donors (Lipinski definition) is 0. The summed E-state index contributed by atoms with van der Waals surface area (Å²) < 4.78 is 13.1. The highest BCUT2D eigenvalue weighted by Gasteiger charge is 2.17. The Morgan fingerprint density at radius 1 is 1.22 bits per heavy atom. The van der Waals surface area contributed by atoms with E-state index in [1.54, 1.807) is 22.8 Å². The molecule has 0 amide bonds. The minimum Gasteiger partial charge on any atom is -0.454 e. The molecule has 116 valence electrons. The molecule has 0 saturated heterocycles. The van der Waals surface area contributed by atoms with Gasteiger partial charge in [0, 0.05) is 9.50 Å². The first-order valence-electron chi connectivity index (χ1n) is 6.84. The lowest BCUT2D eigenvalue weighted by atomic mass is 10.2. The van der Waals surface area contributed by atoms with Gasteiger partial charge in [-0.1, -0.05) is 27.5 Å². The fourth-order valence-corrected chi connectivity index (χ4v) is 3.13. The molecule has 5 nitrogen and oxygen atoms in total. The van der Waals surface area contributed by atoms with Gasteiger partial charge in [0.2, 0.25) is 6.79 Å². The van der Waals surface area contributed by atoms with Gasteiger partial charge in [-0.05, 0) is 35.9 Å². The number of ether oxygens (including phenoxy) is 2. The molecule has 0 spiro atoms. The van der Waals surface area contributed by atoms with E-state index in [-0.39, 0.29) is 12.4 Å². The summed E-state index contributed by atoms with van der Waals surface area (Å²) in [5, 5.41) is 1.01. The monoisotopic (exact) mass is 392 g/mol. The van der Waals surface area contributed by atoms with E-state index < -0.39 is 0 Å². The van der Waals surface area contributed by atoms with E-state index in [9.17, 15) is 4.79 Å². The van der Waals surface area contributed by atoms with Crippen LogP contribution >= 0.6 is 27.5 Å². The maximum absolute atomic E-state index is 12.6. The van der Waals surface area contributed by atoms with Gasteiger partial charge in [-0.3, -0.25) is 9.36 Å². The van der Waals surface area contributed by atoms with Crippen LogP contribution in [-0.2, 0) is 6.54 Å². The predicted molar refractivity (Wildman–Crippen MR) is 90.4 cm³/mol. The summed E-state index contributed by atoms with van der Waals surface area (Å²) >= 11 is 9.48. The lowest BCUT2D eigenvalue weighted by Gasteiger charge is -2.09. The fourth-order valence-electron chi connectivity index (χ4n) is 2.51. The smallest absolute Gasteiger partial charge is 0.261 e. The molecule has 2 aromatic carbocycles. The van der Waals surface area contributed by atoms with E-state index >= 15 is 0 Å². The first kappa shape index (κ1) is 14.5. The molecular formula is C16H10BrClN2O3. The van der Waals surface area contributed by atoms with Crippen LogP contribution < -0.4 is 15.0 Å². The van der Waals surface area contributed by atoms with E-state index in [4.69, 9.17) is 21.1 Å². The first-order chi connectivity index (χ1) is 11.1. The van der Waals surface area contributed by atoms with Gasteiger partial charge in [-0.2, -0.15) is 0 Å². The van der Waals surface area contributed by atoms with Crippen molar-refractivity contribution in [2.45, 2.75) is 6.54 Å². The molecule has 0 radical (unpaired) electrons. The third kappa shape index (κ3) is 2.58. The molecule has 3 aromatic rings. The molecule has 1 aromatic heterocycles. The van der Waals surface area contributed by atoms with Crippen LogP contribution in [-0.4, -0.2) is 16.3 Å². The molecule has 4 rings (SSSR count). The summed E-state index contributed by atoms with van der Waals surface area (Å²) in [5.74, 6) is 1.37. The van der Waals surface area contributed by atoms with E-state index in [0.29, 0.717) is 34.0 Å². The quantitative estimate of drug-likeness (QED) is 0.668. The largest absolute Gasteiger partial charge is 0.454 e. The van der Waals surface area contributed by atoms with Crippen LogP contribution in [0.2, 0.25) is 5.02 Å². The fraction of sp³-hybridized carbons (Fsp3) is 0.125. The molecule has 0 atom stereocenters. The van der Waals surface area contributed by atoms with E-state index in [1.807, 2.05) is 12.1 Å². The standard InChI is InChI=1S/C16H10BrClN2O3/c17-12-5-15-14(22-8-23-15)3-9(12)6-20-7-19-13-2-1-10(18)4-11(13)16(20)21/h1-5,7H,6,8H2. The Bertz CT molecular complexity index is 987. The lowest BCUT2D eigenvalue weighted by Crippen LogP contribution is -2.21. The van der Waals surface area contributed by atoms with Crippen LogP contribution in [0.1, 0.15) is 5.56 Å². The number of aromatic nitrogens is 2. The third-order valence-corrected chi connectivity index (χ3v) is 4.64. The highest BCUT2D eigenvalue weighted by molar-refractivity contribution is 9.10. The van der Waals surface area contributed by atoms with Crippen molar-refractivity contribution in [2.24, 2.45) is 0 Å². The van der Waals surface area contributed by atoms with Gasteiger partial charge < -0.3 is 9.47 Å². The number of fused-ring (bicyclic) bond motifs is 2. The zero-order valence-corrected chi connectivity index (χ0v) is 14.1. The average Bonchev–Trinajstić information content (AvgIpc) is 2.98. The van der Waals surface area contributed by atoms with Gasteiger partial charge in [0.15, 0.2) is 11.5 Å². The molecule has 1 aliphatic rings. The van der Waals surface area contributed by atoms with Crippen LogP contribution in [0.25, 0.3) is 10.9 Å². The van der Waals surface area contributed by atoms with Gasteiger partial charge in [0.1, 0.15) is 0 Å². The zero-order chi connectivity index (χ0) is 16.0. The van der Waals surface area contributed by atoms with Crippen molar-refractivity contribution < 1.29 is 9.47 Å². The van der Waals surface area contributed by atoms with Gasteiger partial charge in [0.05, 0.1) is 23.8 Å². The van der Waals surface area contributed by atoms with Crippen molar-refractivity contribution in [2.75, 3.05) is 6.79 Å². The summed E-state index contributed by atoms with van der Waals surface area (Å²) in [4.78, 5) is 16.9. The summed E-state index contributed by atoms with van der Waals surface area (Å²) in [6.45, 7) is 0.576. The number of nitrogens with zero attached hydrogens (tertiary/aromatic N) is 2. The number of halogens is 2. The summed E-state index contributed by atoms with van der Waals surface area (Å²) in [6, 6.07) is 8.79. The number of rotatable bonds is 2. The van der Waals surface area contributed by atoms with Gasteiger partial charge in [0.25, 0.3) is 5.56 Å². The molecule has 2 heterocycles. The Labute approximate surface area is 144 Å². The van der Waals surface area contributed by atoms with Crippen molar-refractivity contribution in [1.29, 1.82) is 0 Å². The second kappa shape index (κ2) is 5.54. The zero-order valence-electron chi connectivity index (χ0n) is 11.8. The van der Waals surface area contributed by atoms with Crippen LogP contribution in [0.4, 0.5) is 0 Å². The minimum absolute atomic E-state index is 0.137. The predicted octanol–water partition coefficient (Wildman–Crippen LogP) is 3.59. The van der Waals surface area contributed by atoms with Gasteiger partial charge >= 0.3 is 0 Å². The second-order valence-corrected chi connectivity index (χ2v) is 6.43. The van der Waals surface area contributed by atoms with Crippen molar-refractivity contribution in [3.63, 3.8) is 0 Å². The topological polar surface area (TPSA) is 53.4 Å². The molecule has 7 heteroatoms. The minimum atomic E-state index is -0.137. The van der Waals surface area contributed by atoms with Gasteiger partial charge in [-0.15, -0.1) is 0 Å². The third-order valence-electron chi connectivity index (χ3n) is 3.67. The van der Waals surface area contributed by atoms with Crippen molar-refractivity contribution >= 4 is 38.4 Å². The van der Waals surface area contributed by atoms with E-state index in [1.165, 1.54) is 6.33 Å². The lowest BCUT2D eigenvalue weighted by molar-refractivity contribution is 0.174. The highest BCUT2D eigenvalue weighted by Crippen LogP contribution is 2.37. The first-order valence-corrected chi connectivity index (χ1v) is 8.01. The van der Waals surface area contributed by atoms with Crippen molar-refractivity contribution in [3.05, 3.63) is 62.1 Å². The molecular weight excluding hydrogens is 384 g/mol. The van der Waals surface area contributed by atoms with Crippen LogP contribution in [0.3, 0.4) is 0 Å². The SMILES string of the molecule is O=c1c2cc(Cl)ccc2ncn1Cc1cc2c(cc1Br)OCO2. The van der Waals surface area contributed by atoms with Gasteiger partial charge in [-0.25, -0.2) is 4.98 Å². The molecule has 0 unspecified atom stereocenters. The Kier molecular flexibility index (Phi) is 3.50. The Hall–Kier alpha value is -2.05. The molecule has 0 bridgehead atoms. The normalized spacial score (nSPS) is 12.8. The second-order valence-electron chi connectivity index (χ2n) is 5.14. The van der Waals surface area contributed by atoms with E-state index in [0.717, 1.165) is 10.0 Å². The average molecular weight is 394 g/mol. The summed E-state index contributed by atoms with van der Waals surface area (Å²) in [6.07, 6.45) is 1.54. The van der Waals surface area contributed by atoms with Crippen LogP contribution in [0, 0.1) is 0 Å². The molecule has 0 N–H and O–H groups in total. The number of hydrogen-bond acceptors (Lipinski definition) is 4. The van der Waals surface area contributed by atoms with Crippen molar-refractivity contribution in [1.82, 2.24) is 9.55 Å². The molecule has 0 aliphatic carbocycles. The maximum atomic E-state index is 12.6. The van der Waals surface area contributed by atoms with Crippen LogP contribution in [0.15, 0.2) is 45.9 Å². The molecule has 0 saturated carbocycles. The molecule has 1 aliphatic heterocycles. The Morgan fingerprint density at radius 2 is 2.00 bits per heavy atom. The summed E-state index contributed by atoms with van der Waals surface area (Å²) in [5.41, 5.74) is 1.39. The molecule has 23 heavy (non-hydrogen) atoms. The Balaban J connectivity index is 1.79. The highest BCUT2D eigenvalue weighted by atomic mass is 79.9. The molecule has 0 fully saturated rings. The summed E-state index contributed by atoms with van der Waals surface area (Å²) in [7, 11) is 0. The Morgan fingerprint density at radius 3 is 2.83 bits per heavy atom. The van der Waals surface area contributed by atoms with E-state index in [2.05, 4.69) is 20.9 Å². The maximum Gasteiger partial charge on any atom is 0.261 e.